The van der Waals surface area contributed by atoms with Gasteiger partial charge in [0.05, 0.1) is 24.4 Å². The van der Waals surface area contributed by atoms with Gasteiger partial charge in [-0.3, -0.25) is 9.59 Å². The van der Waals surface area contributed by atoms with E-state index in [1.807, 2.05) is 42.5 Å². The Bertz CT molecular complexity index is 1460. The van der Waals surface area contributed by atoms with E-state index in [1.54, 1.807) is 31.4 Å². The van der Waals surface area contributed by atoms with Crippen LogP contribution in [0.3, 0.4) is 0 Å². The lowest BCUT2D eigenvalue weighted by Gasteiger charge is -2.22. The van der Waals surface area contributed by atoms with Crippen molar-refractivity contribution in [2.45, 2.75) is 12.5 Å². The number of nitrogens with zero attached hydrogens (tertiary/aromatic N) is 2. The van der Waals surface area contributed by atoms with E-state index in [0.29, 0.717) is 6.42 Å². The number of methoxy groups -OCH3 is 1. The summed E-state index contributed by atoms with van der Waals surface area (Å²) < 4.78 is 11.0. The van der Waals surface area contributed by atoms with Gasteiger partial charge in [-0.1, -0.05) is 60.7 Å². The van der Waals surface area contributed by atoms with Gasteiger partial charge in [0.2, 0.25) is 0 Å². The maximum Gasteiger partial charge on any atom is 0.281 e. The molecule has 0 spiro atoms. The molecule has 2 N–H and O–H groups in total. The summed E-state index contributed by atoms with van der Waals surface area (Å²) in [6.07, 6.45) is 0.550. The largest absolute Gasteiger partial charge is 0.497 e. The predicted molar refractivity (Wildman–Crippen MR) is 138 cm³/mol. The zero-order valence-electron chi connectivity index (χ0n) is 19.8. The van der Waals surface area contributed by atoms with E-state index in [-0.39, 0.29) is 29.9 Å². The molecule has 1 unspecified atom stereocenters. The van der Waals surface area contributed by atoms with Crippen LogP contribution in [0.1, 0.15) is 33.9 Å². The number of amides is 2. The van der Waals surface area contributed by atoms with Crippen LogP contribution < -0.4 is 15.2 Å². The van der Waals surface area contributed by atoms with Crippen LogP contribution in [0, 0.1) is 0 Å². The van der Waals surface area contributed by atoms with Gasteiger partial charge in [-0.05, 0) is 52.2 Å². The predicted octanol–water partition coefficient (Wildman–Crippen LogP) is 4.70. The Labute approximate surface area is 208 Å². The van der Waals surface area contributed by atoms with Crippen LogP contribution in [0.4, 0.5) is 0 Å². The molecule has 0 radical (unpaired) electrons. The lowest BCUT2D eigenvalue weighted by atomic mass is 9.97. The fraction of sp³-hybridized carbons (Fsp3) is 0.138. The summed E-state index contributed by atoms with van der Waals surface area (Å²) >= 11 is 0. The third kappa shape index (κ3) is 4.63. The summed E-state index contributed by atoms with van der Waals surface area (Å²) in [4.78, 5) is 25.1. The van der Waals surface area contributed by atoms with Crippen LogP contribution in [0.25, 0.3) is 10.8 Å². The Morgan fingerprint density at radius 3 is 2.42 bits per heavy atom. The van der Waals surface area contributed by atoms with Gasteiger partial charge in [-0.2, -0.15) is 5.10 Å². The molecule has 4 aromatic rings. The first kappa shape index (κ1) is 23.1. The Morgan fingerprint density at radius 1 is 0.944 bits per heavy atom. The molecular formula is C29H25N3O4. The van der Waals surface area contributed by atoms with Crippen molar-refractivity contribution in [1.82, 2.24) is 5.01 Å². The number of ether oxygens (including phenoxy) is 2. The lowest BCUT2D eigenvalue weighted by Crippen LogP contribution is -2.31. The van der Waals surface area contributed by atoms with Crippen LogP contribution in [-0.4, -0.2) is 36.3 Å². The average Bonchev–Trinajstić information content (AvgIpc) is 3.37. The minimum Gasteiger partial charge on any atom is -0.497 e. The van der Waals surface area contributed by atoms with Crippen molar-refractivity contribution in [2.75, 3.05) is 13.7 Å². The average molecular weight is 480 g/mol. The zero-order chi connectivity index (χ0) is 25.1. The SMILES string of the molecule is COc1ccc(C2CC(c3ccc4ccccc4c3)=NN2C(=O)COc2ccccc2C(N)=O)cc1. The number of benzene rings is 4. The smallest absolute Gasteiger partial charge is 0.281 e. The van der Waals surface area contributed by atoms with Gasteiger partial charge < -0.3 is 15.2 Å². The number of carbonyl (C=O) groups excluding carboxylic acids is 2. The molecule has 0 aliphatic carbocycles. The summed E-state index contributed by atoms with van der Waals surface area (Å²) in [5.41, 5.74) is 8.37. The topological polar surface area (TPSA) is 94.2 Å². The second kappa shape index (κ2) is 9.92. The zero-order valence-corrected chi connectivity index (χ0v) is 19.8. The summed E-state index contributed by atoms with van der Waals surface area (Å²) in [5.74, 6) is 0.0480. The van der Waals surface area contributed by atoms with Gasteiger partial charge in [0.15, 0.2) is 6.61 Å². The van der Waals surface area contributed by atoms with E-state index in [9.17, 15) is 9.59 Å². The number of primary amides is 1. The number of fused-ring (bicyclic) bond motifs is 1. The van der Waals surface area contributed by atoms with E-state index in [2.05, 4.69) is 24.3 Å². The van der Waals surface area contributed by atoms with Gasteiger partial charge in [0.25, 0.3) is 11.8 Å². The quantitative estimate of drug-likeness (QED) is 0.416. The Hall–Kier alpha value is -4.65. The molecule has 1 aliphatic rings. The molecule has 0 aromatic heterocycles. The fourth-order valence-electron chi connectivity index (χ4n) is 4.37. The molecule has 0 saturated carbocycles. The van der Waals surface area contributed by atoms with E-state index < -0.39 is 5.91 Å². The molecule has 0 fully saturated rings. The maximum absolute atomic E-state index is 13.3. The van der Waals surface area contributed by atoms with E-state index in [4.69, 9.17) is 20.3 Å². The number of carbonyl (C=O) groups is 2. The van der Waals surface area contributed by atoms with Crippen LogP contribution in [0.2, 0.25) is 0 Å². The van der Waals surface area contributed by atoms with Crippen molar-refractivity contribution in [3.8, 4) is 11.5 Å². The third-order valence-electron chi connectivity index (χ3n) is 6.25. The van der Waals surface area contributed by atoms with Crippen LogP contribution >= 0.6 is 0 Å². The Morgan fingerprint density at radius 2 is 1.67 bits per heavy atom. The molecule has 36 heavy (non-hydrogen) atoms. The fourth-order valence-corrected chi connectivity index (χ4v) is 4.37. The first-order valence-electron chi connectivity index (χ1n) is 11.6. The number of nitrogens with two attached hydrogens (primary N) is 1. The number of hydrazone groups is 1. The summed E-state index contributed by atoms with van der Waals surface area (Å²) in [5, 5.41) is 8.45. The van der Waals surface area contributed by atoms with Crippen molar-refractivity contribution in [1.29, 1.82) is 0 Å². The van der Waals surface area contributed by atoms with E-state index >= 15 is 0 Å². The second-order valence-corrected chi connectivity index (χ2v) is 8.49. The van der Waals surface area contributed by atoms with Crippen LogP contribution in [0.15, 0.2) is 96.1 Å². The number of hydrogen-bond donors (Lipinski definition) is 1. The molecule has 180 valence electrons. The monoisotopic (exact) mass is 479 g/mol. The van der Waals surface area contributed by atoms with Crippen molar-refractivity contribution in [3.05, 3.63) is 108 Å². The van der Waals surface area contributed by atoms with Crippen LogP contribution in [0.5, 0.6) is 11.5 Å². The lowest BCUT2D eigenvalue weighted by molar-refractivity contribution is -0.135. The van der Waals surface area contributed by atoms with Gasteiger partial charge in [-0.25, -0.2) is 5.01 Å². The standard InChI is InChI=1S/C29H25N3O4/c1-35-23-14-12-20(13-15-23)26-17-25(22-11-10-19-6-2-3-7-21(19)16-22)31-32(26)28(33)18-36-27-9-5-4-8-24(27)29(30)34/h2-16,26H,17-18H2,1H3,(H2,30,34). The van der Waals surface area contributed by atoms with Crippen molar-refractivity contribution in [3.63, 3.8) is 0 Å². The molecule has 0 saturated heterocycles. The molecule has 7 heteroatoms. The number of rotatable bonds is 7. The van der Waals surface area contributed by atoms with Crippen molar-refractivity contribution in [2.24, 2.45) is 10.8 Å². The van der Waals surface area contributed by atoms with Crippen molar-refractivity contribution < 1.29 is 19.1 Å². The van der Waals surface area contributed by atoms with Crippen molar-refractivity contribution >= 4 is 28.3 Å². The first-order valence-corrected chi connectivity index (χ1v) is 11.6. The molecule has 0 bridgehead atoms. The van der Waals surface area contributed by atoms with Gasteiger partial charge in [-0.15, -0.1) is 0 Å². The van der Waals surface area contributed by atoms with Gasteiger partial charge in [0, 0.05) is 6.42 Å². The Kier molecular flexibility index (Phi) is 6.36. The summed E-state index contributed by atoms with van der Waals surface area (Å²) in [6, 6.07) is 28.2. The molecule has 1 atom stereocenters. The Balaban J connectivity index is 1.44. The van der Waals surface area contributed by atoms with Gasteiger partial charge >= 0.3 is 0 Å². The van der Waals surface area contributed by atoms with Gasteiger partial charge in [0.1, 0.15) is 11.5 Å². The minimum atomic E-state index is -0.619. The number of para-hydroxylation sites is 1. The highest BCUT2D eigenvalue weighted by Crippen LogP contribution is 2.34. The highest BCUT2D eigenvalue weighted by Gasteiger charge is 2.33. The second-order valence-electron chi connectivity index (χ2n) is 8.49. The third-order valence-corrected chi connectivity index (χ3v) is 6.25. The molecule has 1 aliphatic heterocycles. The normalized spacial score (nSPS) is 15.0. The minimum absolute atomic E-state index is 0.221. The highest BCUT2D eigenvalue weighted by atomic mass is 16.5. The molecule has 1 heterocycles. The molecule has 2 amide bonds. The molecular weight excluding hydrogens is 454 g/mol. The van der Waals surface area contributed by atoms with E-state index in [0.717, 1.165) is 33.4 Å². The molecule has 5 rings (SSSR count). The summed E-state index contributed by atoms with van der Waals surface area (Å²) in [7, 11) is 1.61. The summed E-state index contributed by atoms with van der Waals surface area (Å²) in [6.45, 7) is -0.286. The number of hydrogen-bond acceptors (Lipinski definition) is 5. The molecule has 4 aromatic carbocycles. The molecule has 7 nitrogen and oxygen atoms in total. The maximum atomic E-state index is 13.3. The highest BCUT2D eigenvalue weighted by molar-refractivity contribution is 6.05. The van der Waals surface area contributed by atoms with Crippen LogP contribution in [-0.2, 0) is 4.79 Å². The first-order chi connectivity index (χ1) is 17.5. The van der Waals surface area contributed by atoms with E-state index in [1.165, 1.54) is 5.01 Å².